The lowest BCUT2D eigenvalue weighted by atomic mass is 9.62. The van der Waals surface area contributed by atoms with Crippen LogP contribution in [0.5, 0.6) is 0 Å². The van der Waals surface area contributed by atoms with Crippen LogP contribution in [0.4, 0.5) is 0 Å². The Morgan fingerprint density at radius 3 is 2.71 bits per heavy atom. The van der Waals surface area contributed by atoms with Crippen molar-refractivity contribution in [1.82, 2.24) is 5.32 Å². The Morgan fingerprint density at radius 1 is 1.32 bits per heavy atom. The zero-order valence-corrected chi connectivity index (χ0v) is 19.1. The molecule has 0 aromatic heterocycles. The molecule has 0 unspecified atom stereocenters. The van der Waals surface area contributed by atoms with Crippen LogP contribution in [0.15, 0.2) is 23.8 Å². The molecule has 8 atom stereocenters. The fourth-order valence-corrected chi connectivity index (χ4v) is 5.35. The molecular formula is C23H34ClNO6. The monoisotopic (exact) mass is 455 g/mol. The van der Waals surface area contributed by atoms with Gasteiger partial charge in [0.1, 0.15) is 30.0 Å². The number of hydrogen-bond donors (Lipinski definition) is 4. The van der Waals surface area contributed by atoms with Crippen molar-refractivity contribution in [3.8, 4) is 0 Å². The third-order valence-electron chi connectivity index (χ3n) is 6.74. The number of amides is 1. The van der Waals surface area contributed by atoms with Crippen molar-refractivity contribution in [2.75, 3.05) is 0 Å². The minimum absolute atomic E-state index is 0.165. The smallest absolute Gasteiger partial charge is 0.244 e. The molecule has 174 valence electrons. The Morgan fingerprint density at radius 2 is 2.03 bits per heavy atom. The topological polar surface area (TPSA) is 119 Å². The van der Waals surface area contributed by atoms with E-state index in [-0.39, 0.29) is 6.42 Å². The fourth-order valence-electron chi connectivity index (χ4n) is 4.90. The standard InChI is InChI=1S/C23H34ClNO6/c1-4-5-6-7-8-13(2)11-14(3)9-10-16(26)25-15-12-22(30)20-17(31-20)19(28)23(24,18(15)27)21(22)29/h9-11,13,15,17-18,20-21,27,29-30H,4-8,12H2,1-3H3,(H,25,26)/b10-9+,14-11+/t13-,15+,17+,18+,20+,21+,22+,23-/m1/s1. The lowest BCUT2D eigenvalue weighted by molar-refractivity contribution is -0.180. The Hall–Kier alpha value is -1.25. The molecule has 3 fully saturated rings. The molecule has 2 bridgehead atoms. The van der Waals surface area contributed by atoms with Gasteiger partial charge in [0.25, 0.3) is 0 Å². The number of ketones is 1. The summed E-state index contributed by atoms with van der Waals surface area (Å²) < 4.78 is 5.21. The Labute approximate surface area is 188 Å². The van der Waals surface area contributed by atoms with Crippen molar-refractivity contribution in [1.29, 1.82) is 0 Å². The molecule has 0 aromatic carbocycles. The summed E-state index contributed by atoms with van der Waals surface area (Å²) in [7, 11) is 0. The molecule has 0 radical (unpaired) electrons. The van der Waals surface area contributed by atoms with Gasteiger partial charge < -0.3 is 25.4 Å². The summed E-state index contributed by atoms with van der Waals surface area (Å²) in [6, 6.07) is -1.00. The van der Waals surface area contributed by atoms with Gasteiger partial charge in [-0.25, -0.2) is 0 Å². The lowest BCUT2D eigenvalue weighted by Gasteiger charge is -2.52. The quantitative estimate of drug-likeness (QED) is 0.138. The predicted octanol–water partition coefficient (Wildman–Crippen LogP) is 1.76. The average Bonchev–Trinajstić information content (AvgIpc) is 3.52. The minimum atomic E-state index is -2.12. The number of fused-ring (bicyclic) bond motifs is 4. The van der Waals surface area contributed by atoms with Crippen LogP contribution in [0.25, 0.3) is 0 Å². The van der Waals surface area contributed by atoms with E-state index in [0.717, 1.165) is 12.0 Å². The van der Waals surface area contributed by atoms with Gasteiger partial charge in [0.2, 0.25) is 5.91 Å². The van der Waals surface area contributed by atoms with Crippen LogP contribution in [-0.2, 0) is 14.3 Å². The number of rotatable bonds is 9. The zero-order valence-electron chi connectivity index (χ0n) is 18.4. The van der Waals surface area contributed by atoms with Crippen molar-refractivity contribution in [2.24, 2.45) is 5.92 Å². The second-order valence-electron chi connectivity index (χ2n) is 9.34. The normalized spacial score (nSPS) is 40.5. The summed E-state index contributed by atoms with van der Waals surface area (Å²) in [4.78, 5) is 22.8. The maximum atomic E-state index is 12.5. The fraction of sp³-hybridized carbons (Fsp3) is 0.739. The van der Waals surface area contributed by atoms with Crippen molar-refractivity contribution >= 4 is 23.3 Å². The highest BCUT2D eigenvalue weighted by Crippen LogP contribution is 2.54. The zero-order chi connectivity index (χ0) is 23.0. The first kappa shape index (κ1) is 24.4. The molecule has 0 aromatic rings. The van der Waals surface area contributed by atoms with E-state index in [0.29, 0.717) is 5.92 Å². The van der Waals surface area contributed by atoms with Crippen LogP contribution in [0.2, 0.25) is 0 Å². The van der Waals surface area contributed by atoms with Gasteiger partial charge in [-0.2, -0.15) is 0 Å². The van der Waals surface area contributed by atoms with Gasteiger partial charge in [-0.05, 0) is 19.3 Å². The van der Waals surface area contributed by atoms with Crippen molar-refractivity contribution in [2.45, 2.75) is 100 Å². The van der Waals surface area contributed by atoms with Crippen LogP contribution in [0.3, 0.4) is 0 Å². The van der Waals surface area contributed by atoms with Crippen molar-refractivity contribution in [3.63, 3.8) is 0 Å². The highest BCUT2D eigenvalue weighted by Gasteiger charge is 2.78. The van der Waals surface area contributed by atoms with E-state index in [1.165, 1.54) is 31.8 Å². The number of aliphatic hydroxyl groups excluding tert-OH is 2. The molecule has 2 aliphatic carbocycles. The Bertz CT molecular complexity index is 769. The summed E-state index contributed by atoms with van der Waals surface area (Å²) in [5.74, 6) is -0.732. The number of hydrogen-bond acceptors (Lipinski definition) is 6. The van der Waals surface area contributed by atoms with Gasteiger partial charge in [-0.3, -0.25) is 9.59 Å². The molecule has 2 saturated carbocycles. The van der Waals surface area contributed by atoms with Crippen LogP contribution in [-0.4, -0.2) is 67.9 Å². The van der Waals surface area contributed by atoms with Crippen molar-refractivity contribution < 1.29 is 29.6 Å². The number of carbonyl (C=O) groups is 2. The average molecular weight is 456 g/mol. The molecule has 0 spiro atoms. The van der Waals surface area contributed by atoms with E-state index in [9.17, 15) is 24.9 Å². The number of nitrogens with one attached hydrogen (secondary N) is 1. The van der Waals surface area contributed by atoms with Crippen LogP contribution >= 0.6 is 11.6 Å². The van der Waals surface area contributed by atoms with Gasteiger partial charge in [-0.15, -0.1) is 11.6 Å². The van der Waals surface area contributed by atoms with E-state index < -0.39 is 52.6 Å². The number of Topliss-reactive ketones (excluding diaryl/α,β-unsaturated/α-hetero) is 1. The molecule has 3 aliphatic rings. The molecule has 7 nitrogen and oxygen atoms in total. The van der Waals surface area contributed by atoms with Gasteiger partial charge in [0.15, 0.2) is 10.7 Å². The number of carbonyl (C=O) groups excluding carboxylic acids is 2. The highest BCUT2D eigenvalue weighted by atomic mass is 35.5. The molecule has 31 heavy (non-hydrogen) atoms. The molecule has 8 heteroatoms. The molecule has 1 saturated heterocycles. The number of epoxide rings is 1. The van der Waals surface area contributed by atoms with Crippen LogP contribution < -0.4 is 5.32 Å². The number of ether oxygens (including phenoxy) is 1. The van der Waals surface area contributed by atoms with E-state index in [1.807, 2.05) is 6.92 Å². The van der Waals surface area contributed by atoms with Crippen molar-refractivity contribution in [3.05, 3.63) is 23.8 Å². The first-order valence-corrected chi connectivity index (χ1v) is 11.6. The first-order chi connectivity index (χ1) is 14.6. The number of allylic oxidation sites excluding steroid dienone is 3. The second kappa shape index (κ2) is 9.32. The third kappa shape index (κ3) is 4.62. The van der Waals surface area contributed by atoms with Crippen LogP contribution in [0, 0.1) is 5.92 Å². The molecule has 4 N–H and O–H groups in total. The molecule has 3 rings (SSSR count). The third-order valence-corrected chi connectivity index (χ3v) is 7.35. The van der Waals surface area contributed by atoms with Gasteiger partial charge >= 0.3 is 0 Å². The maximum Gasteiger partial charge on any atom is 0.244 e. The van der Waals surface area contributed by atoms with Crippen LogP contribution in [0.1, 0.15) is 59.3 Å². The SMILES string of the molecule is CCCCCC[C@@H](C)/C=C(C)/C=C/C(=O)N[C@H]1C[C@]2(O)[C@H]3O[C@H]3C(=O)[C@](Cl)([C@H]1O)[C@H]2O. The summed E-state index contributed by atoms with van der Waals surface area (Å²) in [5, 5.41) is 34.6. The Kier molecular flexibility index (Phi) is 7.33. The minimum Gasteiger partial charge on any atom is -0.389 e. The molecule has 1 amide bonds. The summed E-state index contributed by atoms with van der Waals surface area (Å²) >= 11 is 6.32. The number of unbranched alkanes of at least 4 members (excludes halogenated alkanes) is 3. The highest BCUT2D eigenvalue weighted by molar-refractivity contribution is 6.38. The summed E-state index contributed by atoms with van der Waals surface area (Å²) in [6.45, 7) is 6.25. The largest absolute Gasteiger partial charge is 0.389 e. The van der Waals surface area contributed by atoms with Gasteiger partial charge in [0.05, 0.1) is 6.04 Å². The number of alkyl halides is 1. The number of aliphatic hydroxyl groups is 3. The lowest BCUT2D eigenvalue weighted by Crippen LogP contribution is -2.77. The van der Waals surface area contributed by atoms with E-state index >= 15 is 0 Å². The van der Waals surface area contributed by atoms with E-state index in [4.69, 9.17) is 16.3 Å². The predicted molar refractivity (Wildman–Crippen MR) is 117 cm³/mol. The molecule has 1 heterocycles. The molecule has 1 aliphatic heterocycles. The van der Waals surface area contributed by atoms with E-state index in [2.05, 4.69) is 25.2 Å². The maximum absolute atomic E-state index is 12.5. The molecular weight excluding hydrogens is 422 g/mol. The van der Waals surface area contributed by atoms with Gasteiger partial charge in [-0.1, -0.05) is 57.3 Å². The Balaban J connectivity index is 1.59. The number of halogens is 1. The van der Waals surface area contributed by atoms with E-state index in [1.54, 1.807) is 6.08 Å². The second-order valence-corrected chi connectivity index (χ2v) is 9.96. The summed E-state index contributed by atoms with van der Waals surface area (Å²) in [5.41, 5.74) is -0.851. The first-order valence-electron chi connectivity index (χ1n) is 11.2. The summed E-state index contributed by atoms with van der Waals surface area (Å²) in [6.07, 6.45) is 5.94. The van der Waals surface area contributed by atoms with Gasteiger partial charge in [0, 0.05) is 12.5 Å².